The van der Waals surface area contributed by atoms with Crippen molar-refractivity contribution < 1.29 is 59.6 Å². The van der Waals surface area contributed by atoms with Crippen molar-refractivity contribution in [2.24, 2.45) is 23.2 Å². The Hall–Kier alpha value is -4.74. The van der Waals surface area contributed by atoms with Crippen LogP contribution in [0.2, 0.25) is 0 Å². The molecule has 0 spiro atoms. The van der Waals surface area contributed by atoms with Gasteiger partial charge >= 0.3 is 12.4 Å². The van der Waals surface area contributed by atoms with Gasteiger partial charge in [-0.1, -0.05) is 32.9 Å². The normalized spacial score (nSPS) is 32.1. The highest BCUT2D eigenvalue weighted by Crippen LogP contribution is 2.48. The Kier molecular flexibility index (Phi) is 9.79. The van der Waals surface area contributed by atoms with E-state index in [0.29, 0.717) is 31.1 Å². The maximum atomic E-state index is 14.8. The largest absolute Gasteiger partial charge is 0.586 e. The van der Waals surface area contributed by atoms with Gasteiger partial charge < -0.3 is 34.5 Å². The van der Waals surface area contributed by atoms with E-state index in [1.807, 2.05) is 32.9 Å². The van der Waals surface area contributed by atoms with Crippen molar-refractivity contribution in [3.05, 3.63) is 36.5 Å². The Balaban J connectivity index is 0.00000228. The van der Waals surface area contributed by atoms with E-state index in [0.717, 1.165) is 19.3 Å². The molecule has 6 aliphatic rings. The van der Waals surface area contributed by atoms with Crippen molar-refractivity contribution in [3.8, 4) is 17.4 Å². The van der Waals surface area contributed by atoms with Crippen molar-refractivity contribution >= 4 is 44.6 Å². The summed E-state index contributed by atoms with van der Waals surface area (Å²) in [6, 6.07) is 1.93. The molecule has 314 valence electrons. The lowest BCUT2D eigenvalue weighted by Gasteiger charge is -2.32. The van der Waals surface area contributed by atoms with Crippen molar-refractivity contribution in [1.82, 2.24) is 25.2 Å². The van der Waals surface area contributed by atoms with Crippen molar-refractivity contribution in [2.75, 3.05) is 13.2 Å². The summed E-state index contributed by atoms with van der Waals surface area (Å²) in [6.07, 6.45) is 4.32. The third-order valence-electron chi connectivity index (χ3n) is 12.1. The summed E-state index contributed by atoms with van der Waals surface area (Å²) in [5, 5.41) is 5.51. The zero-order chi connectivity index (χ0) is 40.5. The van der Waals surface area contributed by atoms with Crippen LogP contribution in [-0.4, -0.2) is 90.5 Å². The summed E-state index contributed by atoms with van der Waals surface area (Å²) in [5.41, 5.74) is -1.68. The summed E-state index contributed by atoms with van der Waals surface area (Å²) in [7, 11) is -3.95. The predicted molar refractivity (Wildman–Crippen MR) is 205 cm³/mol. The number of carbonyl (C=O) groups is 4. The van der Waals surface area contributed by atoms with Crippen LogP contribution >= 0.6 is 0 Å². The van der Waals surface area contributed by atoms with E-state index in [4.69, 9.17) is 14.2 Å². The molecule has 1 aromatic carbocycles. The summed E-state index contributed by atoms with van der Waals surface area (Å²) in [5.74, 6) is -3.23. The number of benzene rings is 1. The number of alkyl halides is 2. The molecule has 1 saturated heterocycles. The van der Waals surface area contributed by atoms with E-state index in [1.54, 1.807) is 0 Å². The van der Waals surface area contributed by atoms with Gasteiger partial charge in [-0.25, -0.2) is 18.2 Å². The van der Waals surface area contributed by atoms with Crippen LogP contribution in [0.4, 0.5) is 13.6 Å². The van der Waals surface area contributed by atoms with Gasteiger partial charge in [0.2, 0.25) is 27.7 Å². The number of allylic oxidation sites excluding steroid dienone is 1. The highest BCUT2D eigenvalue weighted by molar-refractivity contribution is 7.91. The first-order valence-electron chi connectivity index (χ1n) is 19.6. The Morgan fingerprint density at radius 3 is 2.60 bits per heavy atom. The summed E-state index contributed by atoms with van der Waals surface area (Å²) >= 11 is 0. The molecule has 57 heavy (non-hydrogen) atoms. The van der Waals surface area contributed by atoms with Gasteiger partial charge in [-0.2, -0.15) is 0 Å². The second kappa shape index (κ2) is 14.3. The minimum absolute atomic E-state index is 0. The van der Waals surface area contributed by atoms with Gasteiger partial charge in [0.1, 0.15) is 23.7 Å². The maximum absolute atomic E-state index is 14.8. The summed E-state index contributed by atoms with van der Waals surface area (Å²) in [4.78, 5) is 61.9. The van der Waals surface area contributed by atoms with Gasteiger partial charge in [-0.15, -0.1) is 8.78 Å². The highest BCUT2D eigenvalue weighted by atomic mass is 32.2. The highest BCUT2D eigenvalue weighted by Gasteiger charge is 2.62. The van der Waals surface area contributed by atoms with Crippen LogP contribution in [-0.2, 0) is 29.1 Å². The predicted octanol–water partition coefficient (Wildman–Crippen LogP) is 5.03. The minimum Gasteiger partial charge on any atom is -0.472 e. The number of pyridine rings is 1. The third kappa shape index (κ3) is 8.06. The summed E-state index contributed by atoms with van der Waals surface area (Å²) < 4.78 is 77.2. The first kappa shape index (κ1) is 39.1. The van der Waals surface area contributed by atoms with Crippen LogP contribution in [0.15, 0.2) is 36.5 Å². The SMILES string of the molecule is C[C@H]1CC/C=C\[C@@H]2C[C@@]2(C(=O)NS(=O)(=O)C2CC2)NC(=O)[C@@H]2C[C@@H](Oc3nccc4c5c(ccc34)OC(F)(F)O5)CN2C(=O)C(NC(=O)OCC2(C)CC2)[C@H](C)C1.[HH].[HH].[HH]. The smallest absolute Gasteiger partial charge is 0.472 e. The molecule has 3 N–H and O–H groups in total. The first-order chi connectivity index (χ1) is 27.0. The average molecular weight is 822 g/mol. The van der Waals surface area contributed by atoms with Crippen LogP contribution < -0.4 is 29.6 Å². The molecule has 8 rings (SSSR count). The van der Waals surface area contributed by atoms with Crippen LogP contribution in [0.25, 0.3) is 10.8 Å². The molecule has 3 saturated carbocycles. The number of aromatic nitrogens is 1. The number of rotatable bonds is 8. The number of hydrogen-bond acceptors (Lipinski definition) is 11. The molecule has 3 aliphatic heterocycles. The number of halogens is 2. The lowest BCUT2D eigenvalue weighted by molar-refractivity contribution is -0.286. The van der Waals surface area contributed by atoms with E-state index in [-0.39, 0.29) is 64.4 Å². The van der Waals surface area contributed by atoms with E-state index in [2.05, 4.69) is 25.1 Å². The number of hydrogen-bond donors (Lipinski definition) is 3. The van der Waals surface area contributed by atoms with Gasteiger partial charge in [0, 0.05) is 39.0 Å². The number of nitrogens with zero attached hydrogens (tertiary/aromatic N) is 2. The van der Waals surface area contributed by atoms with Crippen molar-refractivity contribution in [3.63, 3.8) is 0 Å². The number of fused-ring (bicyclic) bond motifs is 5. The molecule has 4 heterocycles. The van der Waals surface area contributed by atoms with Crippen LogP contribution in [0.3, 0.4) is 0 Å². The second-order valence-corrected chi connectivity index (χ2v) is 19.0. The fraction of sp³-hybridized carbons (Fsp3) is 0.615. The minimum atomic E-state index is -3.95. The van der Waals surface area contributed by atoms with E-state index >= 15 is 0 Å². The molecule has 4 fully saturated rings. The van der Waals surface area contributed by atoms with Gasteiger partial charge in [-0.05, 0) is 81.4 Å². The van der Waals surface area contributed by atoms with E-state index < -0.39 is 80.9 Å². The molecule has 4 amide bonds. The van der Waals surface area contributed by atoms with Crippen LogP contribution in [0.5, 0.6) is 17.4 Å². The Morgan fingerprint density at radius 1 is 1.09 bits per heavy atom. The molecule has 3 aliphatic carbocycles. The van der Waals surface area contributed by atoms with Crippen molar-refractivity contribution in [1.29, 1.82) is 0 Å². The Morgan fingerprint density at radius 2 is 1.86 bits per heavy atom. The van der Waals surface area contributed by atoms with Crippen molar-refractivity contribution in [2.45, 2.75) is 114 Å². The fourth-order valence-corrected chi connectivity index (χ4v) is 9.51. The standard InChI is InChI=1S/C39H47F2N5O10S.3H2/c1-21-6-4-5-7-23-18-38(23,35(49)45-57(51,52)25-8-9-25)44-32(47)28-17-24(54-33-27-10-11-29-31(26(27)12-15-42-33)56-39(40,41)55-29)19-46(28)34(48)30(22(2)16-21)43-36(50)53-20-37(3)13-14-37;;;/h5,7,10-12,15,21-25,28,30H,4,6,8-9,13-14,16-20H2,1-3H3,(H,43,50)(H,44,47)(H,45,49);3*1H/b7-5-;;;/t21-,22+,23+,24+,28-,30?,38+;;;/m0.../s1. The Bertz CT molecular complexity index is 2150. The lowest BCUT2D eigenvalue weighted by atomic mass is 9.88. The van der Waals surface area contributed by atoms with E-state index in [9.17, 15) is 36.4 Å². The fourth-order valence-electron chi connectivity index (χ4n) is 8.15. The second-order valence-electron chi connectivity index (χ2n) is 17.0. The number of sulfonamides is 1. The Labute approximate surface area is 333 Å². The molecule has 0 bridgehead atoms. The van der Waals surface area contributed by atoms with Crippen LogP contribution in [0.1, 0.15) is 82.8 Å². The van der Waals surface area contributed by atoms with Gasteiger partial charge in [-0.3, -0.25) is 19.1 Å². The molecule has 1 aromatic heterocycles. The molecular weight excluding hydrogens is 769 g/mol. The number of alkyl carbamates (subject to hydrolysis) is 1. The molecule has 0 radical (unpaired) electrons. The lowest BCUT2D eigenvalue weighted by Crippen LogP contribution is -2.59. The number of nitrogens with one attached hydrogen (secondary N) is 3. The monoisotopic (exact) mass is 821 g/mol. The number of ether oxygens (including phenoxy) is 4. The first-order valence-corrected chi connectivity index (χ1v) is 21.1. The zero-order valence-corrected chi connectivity index (χ0v) is 32.7. The van der Waals surface area contributed by atoms with Gasteiger partial charge in [0.15, 0.2) is 11.5 Å². The average Bonchev–Trinajstić information content (AvgIpc) is 4.10. The third-order valence-corrected chi connectivity index (χ3v) is 13.9. The van der Waals surface area contributed by atoms with Gasteiger partial charge in [0.05, 0.1) is 18.4 Å². The van der Waals surface area contributed by atoms with E-state index in [1.165, 1.54) is 29.3 Å². The number of amides is 4. The quantitative estimate of drug-likeness (QED) is 0.303. The molecule has 15 nitrogen and oxygen atoms in total. The molecule has 2 aromatic rings. The summed E-state index contributed by atoms with van der Waals surface area (Å²) in [6.45, 7) is 5.96. The topological polar surface area (TPSA) is 192 Å². The number of carbonyl (C=O) groups excluding carboxylic acids is 4. The zero-order valence-electron chi connectivity index (χ0n) is 31.9. The van der Waals surface area contributed by atoms with Gasteiger partial charge in [0.25, 0.3) is 5.91 Å². The van der Waals surface area contributed by atoms with Crippen LogP contribution in [0, 0.1) is 23.2 Å². The molecular formula is C39H53F2N5O10S. The molecule has 1 unspecified atom stereocenters. The maximum Gasteiger partial charge on any atom is 0.586 e. The molecule has 7 atom stereocenters. The molecule has 18 heteroatoms.